The van der Waals surface area contributed by atoms with Crippen molar-refractivity contribution >= 4 is 22.7 Å². The molecule has 0 aliphatic heterocycles. The summed E-state index contributed by atoms with van der Waals surface area (Å²) in [5, 5.41) is 21.6. The van der Waals surface area contributed by atoms with Gasteiger partial charge in [-0.1, -0.05) is 42.1 Å². The number of para-hydroxylation sites is 1. The molecule has 5 rings (SSSR count). The van der Waals surface area contributed by atoms with Crippen LogP contribution in [0.2, 0.25) is 0 Å². The highest BCUT2D eigenvalue weighted by Gasteiger charge is 2.31. The van der Waals surface area contributed by atoms with Gasteiger partial charge in [0.15, 0.2) is 11.0 Å². The molecule has 0 radical (unpaired) electrons. The van der Waals surface area contributed by atoms with E-state index in [2.05, 4.69) is 57.9 Å². The highest BCUT2D eigenvalue weighted by atomic mass is 32.2. The van der Waals surface area contributed by atoms with Crippen LogP contribution in [0.5, 0.6) is 5.75 Å². The first kappa shape index (κ1) is 21.1. The number of aliphatic hydroxyl groups is 1. The minimum absolute atomic E-state index is 0.255. The fourth-order valence-corrected chi connectivity index (χ4v) is 4.93. The molecule has 1 fully saturated rings. The molecule has 2 N–H and O–H groups in total. The van der Waals surface area contributed by atoms with Crippen LogP contribution in [0.3, 0.4) is 0 Å². The van der Waals surface area contributed by atoms with Gasteiger partial charge in [-0.15, -0.1) is 10.2 Å². The number of aromatic nitrogens is 4. The quantitative estimate of drug-likeness (QED) is 0.362. The van der Waals surface area contributed by atoms with Gasteiger partial charge < -0.3 is 14.8 Å². The number of thioether (sulfide) groups is 1. The van der Waals surface area contributed by atoms with Gasteiger partial charge >= 0.3 is 0 Å². The van der Waals surface area contributed by atoms with Crippen LogP contribution in [-0.4, -0.2) is 43.3 Å². The molecule has 6 nitrogen and oxygen atoms in total. The van der Waals surface area contributed by atoms with Crippen LogP contribution in [0.1, 0.15) is 35.6 Å². The molecule has 2 aromatic carbocycles. The number of aromatic amines is 1. The molecule has 32 heavy (non-hydrogen) atoms. The number of nitrogens with zero attached hydrogens (tertiary/aromatic N) is 3. The Hall–Kier alpha value is -2.77. The van der Waals surface area contributed by atoms with Crippen LogP contribution in [0, 0.1) is 20.8 Å². The zero-order valence-corrected chi connectivity index (χ0v) is 19.4. The Morgan fingerprint density at radius 2 is 1.91 bits per heavy atom. The second-order valence-electron chi connectivity index (χ2n) is 8.58. The molecule has 1 atom stereocenters. The number of hydrogen-bond donors (Lipinski definition) is 2. The molecule has 4 aromatic rings. The van der Waals surface area contributed by atoms with Crippen molar-refractivity contribution in [2.24, 2.45) is 0 Å². The standard InChI is InChI=1S/C25H28N4O2S/c1-15-8-9-16(2)23(17(15)3)31-13-19(30)14-32-25-28-27-24(29(25)18-10-11-18)21-12-26-22-7-5-4-6-20(21)22/h4-9,12,18-19,26,30H,10-11,13-14H2,1-3H3/t19-/m1/s1. The smallest absolute Gasteiger partial charge is 0.191 e. The lowest BCUT2D eigenvalue weighted by Crippen LogP contribution is -2.21. The van der Waals surface area contributed by atoms with Crippen molar-refractivity contribution in [1.82, 2.24) is 19.7 Å². The van der Waals surface area contributed by atoms with Crippen LogP contribution < -0.4 is 4.74 Å². The Morgan fingerprint density at radius 1 is 1.12 bits per heavy atom. The van der Waals surface area contributed by atoms with Gasteiger partial charge in [0.1, 0.15) is 12.4 Å². The third-order valence-electron chi connectivity index (χ3n) is 6.11. The van der Waals surface area contributed by atoms with E-state index in [4.69, 9.17) is 4.74 Å². The lowest BCUT2D eigenvalue weighted by Gasteiger charge is -2.17. The van der Waals surface area contributed by atoms with Gasteiger partial charge in [0.2, 0.25) is 0 Å². The van der Waals surface area contributed by atoms with Gasteiger partial charge in [-0.25, -0.2) is 0 Å². The van der Waals surface area contributed by atoms with E-state index in [1.54, 1.807) is 11.8 Å². The number of rotatable bonds is 8. The van der Waals surface area contributed by atoms with E-state index in [9.17, 15) is 5.11 Å². The number of benzene rings is 2. The maximum Gasteiger partial charge on any atom is 0.191 e. The summed E-state index contributed by atoms with van der Waals surface area (Å²) in [5.74, 6) is 2.27. The topological polar surface area (TPSA) is 76.0 Å². The van der Waals surface area contributed by atoms with E-state index >= 15 is 0 Å². The van der Waals surface area contributed by atoms with E-state index in [1.165, 1.54) is 5.56 Å². The average Bonchev–Trinajstić information content (AvgIpc) is 3.40. The van der Waals surface area contributed by atoms with Gasteiger partial charge in [-0.3, -0.25) is 4.57 Å². The summed E-state index contributed by atoms with van der Waals surface area (Å²) in [4.78, 5) is 3.33. The van der Waals surface area contributed by atoms with Crippen LogP contribution in [-0.2, 0) is 0 Å². The van der Waals surface area contributed by atoms with Crippen molar-refractivity contribution in [3.8, 4) is 17.1 Å². The van der Waals surface area contributed by atoms with Gasteiger partial charge in [0, 0.05) is 34.5 Å². The molecule has 7 heteroatoms. The summed E-state index contributed by atoms with van der Waals surface area (Å²) in [5.41, 5.74) is 5.57. The Bertz CT molecular complexity index is 1260. The molecule has 1 saturated carbocycles. The molecule has 0 bridgehead atoms. The first-order valence-electron chi connectivity index (χ1n) is 11.0. The number of aryl methyl sites for hydroxylation is 2. The third-order valence-corrected chi connectivity index (χ3v) is 7.19. The number of aliphatic hydroxyl groups excluding tert-OH is 1. The van der Waals surface area contributed by atoms with Gasteiger partial charge in [0.05, 0.1) is 6.10 Å². The molecule has 1 aliphatic carbocycles. The monoisotopic (exact) mass is 448 g/mol. The minimum Gasteiger partial charge on any atom is -0.490 e. The first-order chi connectivity index (χ1) is 15.5. The fraction of sp³-hybridized carbons (Fsp3) is 0.360. The second kappa shape index (κ2) is 8.64. The van der Waals surface area contributed by atoms with Crippen molar-refractivity contribution in [2.75, 3.05) is 12.4 Å². The number of ether oxygens (including phenoxy) is 1. The molecule has 1 aliphatic rings. The maximum atomic E-state index is 10.6. The van der Waals surface area contributed by atoms with Crippen LogP contribution in [0.15, 0.2) is 47.8 Å². The molecular formula is C25H28N4O2S. The molecular weight excluding hydrogens is 420 g/mol. The van der Waals surface area contributed by atoms with Gasteiger partial charge in [-0.2, -0.15) is 0 Å². The number of hydrogen-bond acceptors (Lipinski definition) is 5. The van der Waals surface area contributed by atoms with Crippen molar-refractivity contribution in [3.05, 3.63) is 59.3 Å². The Balaban J connectivity index is 1.30. The predicted octanol–water partition coefficient (Wildman–Crippen LogP) is 5.22. The summed E-state index contributed by atoms with van der Waals surface area (Å²) >= 11 is 1.54. The molecule has 0 saturated heterocycles. The molecule has 0 unspecified atom stereocenters. The van der Waals surface area contributed by atoms with Crippen molar-refractivity contribution in [1.29, 1.82) is 0 Å². The van der Waals surface area contributed by atoms with Crippen LogP contribution in [0.4, 0.5) is 0 Å². The van der Waals surface area contributed by atoms with E-state index in [1.807, 2.05) is 25.3 Å². The first-order valence-corrected chi connectivity index (χ1v) is 12.0. The number of H-pyrrole nitrogens is 1. The van der Waals surface area contributed by atoms with Crippen molar-refractivity contribution < 1.29 is 9.84 Å². The zero-order chi connectivity index (χ0) is 22.2. The van der Waals surface area contributed by atoms with E-state index in [0.29, 0.717) is 11.8 Å². The molecule has 2 heterocycles. The molecule has 2 aromatic heterocycles. The van der Waals surface area contributed by atoms with Gasteiger partial charge in [-0.05, 0) is 56.4 Å². The van der Waals surface area contributed by atoms with E-state index < -0.39 is 6.10 Å². The predicted molar refractivity (Wildman–Crippen MR) is 128 cm³/mol. The summed E-state index contributed by atoms with van der Waals surface area (Å²) in [6.07, 6.45) is 3.69. The average molecular weight is 449 g/mol. The Morgan fingerprint density at radius 3 is 2.72 bits per heavy atom. The number of nitrogens with one attached hydrogen (secondary N) is 1. The highest BCUT2D eigenvalue weighted by Crippen LogP contribution is 2.42. The SMILES string of the molecule is Cc1ccc(C)c(OC[C@@H](O)CSc2nnc(-c3c[nH]c4ccccc34)n2C2CC2)c1C. The van der Waals surface area contributed by atoms with Crippen LogP contribution >= 0.6 is 11.8 Å². The van der Waals surface area contributed by atoms with Crippen LogP contribution in [0.25, 0.3) is 22.3 Å². The third kappa shape index (κ3) is 4.02. The fourth-order valence-electron chi connectivity index (χ4n) is 4.02. The maximum absolute atomic E-state index is 10.6. The normalized spacial score (nSPS) is 14.8. The lowest BCUT2D eigenvalue weighted by molar-refractivity contribution is 0.125. The number of fused-ring (bicyclic) bond motifs is 1. The van der Waals surface area contributed by atoms with Crippen molar-refractivity contribution in [2.45, 2.75) is 50.9 Å². The highest BCUT2D eigenvalue weighted by molar-refractivity contribution is 7.99. The minimum atomic E-state index is -0.597. The van der Waals surface area contributed by atoms with Gasteiger partial charge in [0.25, 0.3) is 0 Å². The molecule has 0 spiro atoms. The van der Waals surface area contributed by atoms with Crippen molar-refractivity contribution in [3.63, 3.8) is 0 Å². The second-order valence-corrected chi connectivity index (χ2v) is 9.57. The zero-order valence-electron chi connectivity index (χ0n) is 18.6. The molecule has 166 valence electrons. The Kier molecular flexibility index (Phi) is 5.69. The summed E-state index contributed by atoms with van der Waals surface area (Å²) in [6.45, 7) is 6.42. The largest absolute Gasteiger partial charge is 0.490 e. The summed E-state index contributed by atoms with van der Waals surface area (Å²) in [7, 11) is 0. The lowest BCUT2D eigenvalue weighted by atomic mass is 10.1. The summed E-state index contributed by atoms with van der Waals surface area (Å²) < 4.78 is 8.23. The van der Waals surface area contributed by atoms with E-state index in [-0.39, 0.29) is 6.61 Å². The summed E-state index contributed by atoms with van der Waals surface area (Å²) in [6, 6.07) is 12.8. The molecule has 0 amide bonds. The van der Waals surface area contributed by atoms with E-state index in [0.717, 1.165) is 57.2 Å². The Labute approximate surface area is 192 Å².